The molecule has 0 saturated carbocycles. The van der Waals surface area contributed by atoms with Gasteiger partial charge in [-0.15, -0.1) is 0 Å². The van der Waals surface area contributed by atoms with Gasteiger partial charge in [0.25, 0.3) is 0 Å². The average Bonchev–Trinajstić information content (AvgIpc) is 1.93. The van der Waals surface area contributed by atoms with Gasteiger partial charge in [0.15, 0.2) is 5.82 Å². The summed E-state index contributed by atoms with van der Waals surface area (Å²) in [5.41, 5.74) is 0. The molecule has 0 bridgehead atoms. The van der Waals surface area contributed by atoms with Crippen molar-refractivity contribution in [2.75, 3.05) is 0 Å². The summed E-state index contributed by atoms with van der Waals surface area (Å²) < 4.78 is 13.8. The van der Waals surface area contributed by atoms with E-state index in [1.807, 2.05) is 22.6 Å². The number of rotatable bonds is 0. The smallest absolute Gasteiger partial charge is 0.152 e. The molecule has 0 unspecified atom stereocenters. The second-order valence-corrected chi connectivity index (χ2v) is 4.02. The molecular weight excluding hydrogens is 333 g/mol. The lowest BCUT2D eigenvalue weighted by molar-refractivity contribution is 0.613. The predicted molar refractivity (Wildman–Crippen MR) is 51.8 cm³/mol. The maximum atomic E-state index is 12.9. The Labute approximate surface area is 85.0 Å². The van der Waals surface area contributed by atoms with Crippen molar-refractivity contribution in [3.8, 4) is 0 Å². The molecule has 1 aromatic rings. The molecule has 1 rings (SSSR count). The fraction of sp³-hybridized carbons (Fsp3) is 0. The van der Waals surface area contributed by atoms with Crippen LogP contribution >= 0.6 is 50.1 Å². The van der Waals surface area contributed by atoms with E-state index in [-0.39, 0.29) is 5.82 Å². The summed E-state index contributed by atoms with van der Waals surface area (Å²) in [6, 6.07) is 3.28. The van der Waals surface area contributed by atoms with Crippen LogP contribution in [0.15, 0.2) is 16.6 Å². The quantitative estimate of drug-likeness (QED) is 0.384. The van der Waals surface area contributed by atoms with Gasteiger partial charge in [0.2, 0.25) is 0 Å². The first kappa shape index (κ1) is 8.74. The maximum absolute atomic E-state index is 12.9. The Morgan fingerprint density at radius 1 is 1.50 bits per heavy atom. The van der Waals surface area contributed by atoms with E-state index >= 15 is 0 Å². The summed E-state index contributed by atoms with van der Waals surface area (Å²) in [6.45, 7) is 0. The lowest BCUT2D eigenvalue weighted by Gasteiger charge is -1.98. The molecule has 10 heavy (non-hydrogen) atoms. The molecule has 4 heteroatoms. The van der Waals surface area contributed by atoms with E-state index in [1.165, 1.54) is 0 Å². The van der Waals surface area contributed by atoms with Gasteiger partial charge < -0.3 is 0 Å². The summed E-state index contributed by atoms with van der Waals surface area (Å²) >= 11 is 10.5. The van der Waals surface area contributed by atoms with E-state index in [9.17, 15) is 4.39 Å². The van der Waals surface area contributed by atoms with Gasteiger partial charge in [-0.05, 0) is 50.7 Å². The van der Waals surface area contributed by atoms with Gasteiger partial charge in [0, 0.05) is 0 Å². The van der Waals surface area contributed by atoms with E-state index in [0.29, 0.717) is 13.1 Å². The zero-order chi connectivity index (χ0) is 7.72. The first-order valence-corrected chi connectivity index (χ1v) is 4.67. The minimum Gasteiger partial charge on any atom is -0.205 e. The van der Waals surface area contributed by atoms with Crippen molar-refractivity contribution in [2.24, 2.45) is 0 Å². The first-order valence-electron chi connectivity index (χ1n) is 2.42. The predicted octanol–water partition coefficient (Wildman–Crippen LogP) is 3.85. The Hall–Kier alpha value is 0.650. The summed E-state index contributed by atoms with van der Waals surface area (Å²) in [5, 5.41) is 0.401. The summed E-state index contributed by atoms with van der Waals surface area (Å²) in [5.74, 6) is -0.298. The van der Waals surface area contributed by atoms with E-state index in [2.05, 4.69) is 15.9 Å². The third-order valence-corrected chi connectivity index (χ3v) is 3.14. The Morgan fingerprint density at radius 2 is 2.10 bits per heavy atom. The summed E-state index contributed by atoms with van der Waals surface area (Å²) in [4.78, 5) is 0. The average molecular weight is 335 g/mol. The Bertz CT molecular complexity index is 237. The molecule has 0 aliphatic carbocycles. The lowest BCUT2D eigenvalue weighted by Crippen LogP contribution is -1.82. The number of halogens is 4. The Morgan fingerprint density at radius 3 is 2.60 bits per heavy atom. The van der Waals surface area contributed by atoms with Crippen LogP contribution in [-0.2, 0) is 0 Å². The van der Waals surface area contributed by atoms with Crippen LogP contribution in [0.25, 0.3) is 0 Å². The standard InChI is InChI=1S/C6H2BrClFI/c7-5-3(8)1-2-4(10)6(5)9/h1-2H. The molecule has 0 fully saturated rings. The van der Waals surface area contributed by atoms with Gasteiger partial charge in [0.05, 0.1) is 13.1 Å². The van der Waals surface area contributed by atoms with Gasteiger partial charge in [-0.1, -0.05) is 11.6 Å². The van der Waals surface area contributed by atoms with Crippen LogP contribution in [0.2, 0.25) is 5.02 Å². The van der Waals surface area contributed by atoms with Crippen molar-refractivity contribution in [1.82, 2.24) is 0 Å². The van der Waals surface area contributed by atoms with Crippen LogP contribution in [0.3, 0.4) is 0 Å². The van der Waals surface area contributed by atoms with Crippen molar-refractivity contribution >= 4 is 50.1 Å². The van der Waals surface area contributed by atoms with Gasteiger partial charge in [0.1, 0.15) is 0 Å². The van der Waals surface area contributed by atoms with E-state index in [4.69, 9.17) is 11.6 Å². The van der Waals surface area contributed by atoms with Crippen LogP contribution in [0.4, 0.5) is 4.39 Å². The molecule has 0 saturated heterocycles. The topological polar surface area (TPSA) is 0 Å². The highest BCUT2D eigenvalue weighted by molar-refractivity contribution is 14.1. The molecule has 0 atom stereocenters. The SMILES string of the molecule is Fc1c(I)ccc(Cl)c1Br. The molecule has 0 amide bonds. The molecule has 0 heterocycles. The fourth-order valence-electron chi connectivity index (χ4n) is 0.502. The van der Waals surface area contributed by atoms with Crippen molar-refractivity contribution in [3.63, 3.8) is 0 Å². The highest BCUT2D eigenvalue weighted by Gasteiger charge is 2.06. The third kappa shape index (κ3) is 1.62. The summed E-state index contributed by atoms with van der Waals surface area (Å²) in [6.07, 6.45) is 0. The van der Waals surface area contributed by atoms with Crippen LogP contribution in [-0.4, -0.2) is 0 Å². The van der Waals surface area contributed by atoms with Crippen molar-refractivity contribution in [1.29, 1.82) is 0 Å². The van der Waals surface area contributed by atoms with E-state index in [1.54, 1.807) is 12.1 Å². The molecule has 0 spiro atoms. The molecule has 0 aromatic heterocycles. The minimum absolute atomic E-state index is 0.298. The number of hydrogen-bond acceptors (Lipinski definition) is 0. The highest BCUT2D eigenvalue weighted by atomic mass is 127. The molecule has 1 aromatic carbocycles. The maximum Gasteiger partial charge on any atom is 0.152 e. The van der Waals surface area contributed by atoms with E-state index < -0.39 is 0 Å². The first-order chi connectivity index (χ1) is 4.63. The minimum atomic E-state index is -0.298. The number of hydrogen-bond donors (Lipinski definition) is 0. The van der Waals surface area contributed by atoms with Crippen LogP contribution < -0.4 is 0 Å². The van der Waals surface area contributed by atoms with Gasteiger partial charge >= 0.3 is 0 Å². The third-order valence-electron chi connectivity index (χ3n) is 0.988. The zero-order valence-corrected chi connectivity index (χ0v) is 9.17. The molecule has 54 valence electrons. The monoisotopic (exact) mass is 334 g/mol. The lowest BCUT2D eigenvalue weighted by atomic mass is 10.3. The molecule has 0 N–H and O–H groups in total. The second kappa shape index (κ2) is 3.36. The van der Waals surface area contributed by atoms with E-state index in [0.717, 1.165) is 0 Å². The molecule has 0 aliphatic rings. The second-order valence-electron chi connectivity index (χ2n) is 1.66. The zero-order valence-electron chi connectivity index (χ0n) is 4.67. The van der Waals surface area contributed by atoms with Crippen LogP contribution in [0.5, 0.6) is 0 Å². The Kier molecular flexibility index (Phi) is 2.94. The normalized spacial score (nSPS) is 10.0. The molecule has 0 radical (unpaired) electrons. The fourth-order valence-corrected chi connectivity index (χ4v) is 1.81. The van der Waals surface area contributed by atoms with Crippen molar-refractivity contribution < 1.29 is 4.39 Å². The van der Waals surface area contributed by atoms with Crippen molar-refractivity contribution in [2.45, 2.75) is 0 Å². The number of benzene rings is 1. The van der Waals surface area contributed by atoms with Gasteiger partial charge in [-0.2, -0.15) is 0 Å². The van der Waals surface area contributed by atoms with Gasteiger partial charge in [-0.3, -0.25) is 0 Å². The summed E-state index contributed by atoms with van der Waals surface area (Å²) in [7, 11) is 0. The van der Waals surface area contributed by atoms with Crippen LogP contribution in [0, 0.1) is 9.39 Å². The molecular formula is C6H2BrClFI. The highest BCUT2D eigenvalue weighted by Crippen LogP contribution is 2.27. The van der Waals surface area contributed by atoms with Crippen LogP contribution in [0.1, 0.15) is 0 Å². The Balaban J connectivity index is 3.34. The largest absolute Gasteiger partial charge is 0.205 e. The molecule has 0 nitrogen and oxygen atoms in total. The van der Waals surface area contributed by atoms with Crippen molar-refractivity contribution in [3.05, 3.63) is 31.0 Å². The van der Waals surface area contributed by atoms with Gasteiger partial charge in [-0.25, -0.2) is 4.39 Å². The molecule has 0 aliphatic heterocycles.